The van der Waals surface area contributed by atoms with Crippen molar-refractivity contribution in [3.63, 3.8) is 0 Å². The van der Waals surface area contributed by atoms with Crippen LogP contribution in [0.3, 0.4) is 0 Å². The molecule has 0 saturated carbocycles. The Morgan fingerprint density at radius 2 is 2.08 bits per heavy atom. The molecule has 0 spiro atoms. The van der Waals surface area contributed by atoms with Crippen molar-refractivity contribution in [2.45, 2.75) is 26.3 Å². The third kappa shape index (κ3) is 2.64. The summed E-state index contributed by atoms with van der Waals surface area (Å²) in [5, 5.41) is 4.49. The molecule has 4 rings (SSSR count). The van der Waals surface area contributed by atoms with Crippen molar-refractivity contribution in [2.24, 2.45) is 0 Å². The molecule has 1 amide bonds. The second-order valence-corrected chi connectivity index (χ2v) is 6.15. The van der Waals surface area contributed by atoms with Crippen LogP contribution in [0.5, 0.6) is 0 Å². The molecule has 3 aromatic rings. The van der Waals surface area contributed by atoms with Crippen LogP contribution in [-0.2, 0) is 24.2 Å². The molecule has 1 aromatic carbocycles. The standard InChI is InChI=1S/C18H17FN4O/c1-12-8-17-20-10-14-11-22(7-6-16(14)23(17)21-12)18(24)9-13-2-4-15(19)5-3-13/h2-5,8,10H,6-7,9,11H2,1H3. The first-order chi connectivity index (χ1) is 11.6. The van der Waals surface area contributed by atoms with Crippen molar-refractivity contribution >= 4 is 11.6 Å². The number of carbonyl (C=O) groups is 1. The van der Waals surface area contributed by atoms with Gasteiger partial charge in [-0.05, 0) is 24.6 Å². The molecule has 0 fully saturated rings. The zero-order valence-corrected chi connectivity index (χ0v) is 13.4. The van der Waals surface area contributed by atoms with Gasteiger partial charge in [0, 0.05) is 37.3 Å². The lowest BCUT2D eigenvalue weighted by atomic mass is 10.1. The molecule has 0 N–H and O–H groups in total. The fourth-order valence-corrected chi connectivity index (χ4v) is 3.16. The number of hydrogen-bond acceptors (Lipinski definition) is 3. The number of aromatic nitrogens is 3. The molecule has 24 heavy (non-hydrogen) atoms. The van der Waals surface area contributed by atoms with Gasteiger partial charge in [0.1, 0.15) is 5.82 Å². The van der Waals surface area contributed by atoms with Crippen molar-refractivity contribution in [1.82, 2.24) is 19.5 Å². The quantitative estimate of drug-likeness (QED) is 0.727. The smallest absolute Gasteiger partial charge is 0.227 e. The Hall–Kier alpha value is -2.76. The third-order valence-electron chi connectivity index (χ3n) is 4.39. The van der Waals surface area contributed by atoms with Crippen molar-refractivity contribution in [3.8, 4) is 0 Å². The maximum Gasteiger partial charge on any atom is 0.227 e. The summed E-state index contributed by atoms with van der Waals surface area (Å²) >= 11 is 0. The third-order valence-corrected chi connectivity index (χ3v) is 4.39. The highest BCUT2D eigenvalue weighted by Gasteiger charge is 2.23. The molecule has 0 atom stereocenters. The maximum absolute atomic E-state index is 13.0. The van der Waals surface area contributed by atoms with Gasteiger partial charge in [-0.2, -0.15) is 5.10 Å². The van der Waals surface area contributed by atoms with Gasteiger partial charge in [0.25, 0.3) is 0 Å². The highest BCUT2D eigenvalue weighted by atomic mass is 19.1. The Bertz CT molecular complexity index is 917. The number of amides is 1. The van der Waals surface area contributed by atoms with E-state index < -0.39 is 0 Å². The summed E-state index contributed by atoms with van der Waals surface area (Å²) in [6.07, 6.45) is 2.87. The summed E-state index contributed by atoms with van der Waals surface area (Å²) < 4.78 is 14.8. The summed E-state index contributed by atoms with van der Waals surface area (Å²) in [5.41, 5.74) is 4.76. The van der Waals surface area contributed by atoms with Crippen LogP contribution in [0.2, 0.25) is 0 Å². The van der Waals surface area contributed by atoms with Gasteiger partial charge < -0.3 is 4.90 Å². The Morgan fingerprint density at radius 3 is 2.88 bits per heavy atom. The van der Waals surface area contributed by atoms with Crippen LogP contribution in [0.25, 0.3) is 5.65 Å². The van der Waals surface area contributed by atoms with E-state index in [2.05, 4.69) is 10.1 Å². The van der Waals surface area contributed by atoms with Crippen LogP contribution in [0, 0.1) is 12.7 Å². The number of rotatable bonds is 2. The molecule has 1 aliphatic heterocycles. The Morgan fingerprint density at radius 1 is 1.29 bits per heavy atom. The summed E-state index contributed by atoms with van der Waals surface area (Å²) in [6.45, 7) is 3.14. The Labute approximate surface area is 138 Å². The van der Waals surface area contributed by atoms with Crippen molar-refractivity contribution < 1.29 is 9.18 Å². The second-order valence-electron chi connectivity index (χ2n) is 6.15. The lowest BCUT2D eigenvalue weighted by molar-refractivity contribution is -0.131. The molecule has 5 nitrogen and oxygen atoms in total. The summed E-state index contributed by atoms with van der Waals surface area (Å²) in [6, 6.07) is 8.03. The van der Waals surface area contributed by atoms with E-state index in [-0.39, 0.29) is 18.1 Å². The predicted molar refractivity (Wildman–Crippen MR) is 86.9 cm³/mol. The highest BCUT2D eigenvalue weighted by molar-refractivity contribution is 5.79. The molecule has 1 aliphatic rings. The number of benzene rings is 1. The van der Waals surface area contributed by atoms with Gasteiger partial charge in [-0.15, -0.1) is 0 Å². The van der Waals surface area contributed by atoms with Gasteiger partial charge in [0.2, 0.25) is 5.91 Å². The minimum absolute atomic E-state index is 0.0454. The van der Waals surface area contributed by atoms with Crippen molar-refractivity contribution in [1.29, 1.82) is 0 Å². The van der Waals surface area contributed by atoms with Crippen LogP contribution in [0.1, 0.15) is 22.5 Å². The van der Waals surface area contributed by atoms with Gasteiger partial charge in [0.05, 0.1) is 17.8 Å². The molecule has 0 aliphatic carbocycles. The SMILES string of the molecule is Cc1cc2ncc3c(n2n1)CCN(C(=O)Cc1ccc(F)cc1)C3. The molecule has 0 saturated heterocycles. The number of nitrogens with zero attached hydrogens (tertiary/aromatic N) is 4. The van der Waals surface area contributed by atoms with Gasteiger partial charge >= 0.3 is 0 Å². The second kappa shape index (κ2) is 5.70. The van der Waals surface area contributed by atoms with E-state index >= 15 is 0 Å². The van der Waals surface area contributed by atoms with Crippen LogP contribution in [-0.4, -0.2) is 31.9 Å². The molecule has 122 valence electrons. The minimum Gasteiger partial charge on any atom is -0.338 e. The molecule has 0 bridgehead atoms. The van der Waals surface area contributed by atoms with E-state index in [1.807, 2.05) is 28.6 Å². The zero-order valence-electron chi connectivity index (χ0n) is 13.4. The lowest BCUT2D eigenvalue weighted by Crippen LogP contribution is -2.37. The fraction of sp³-hybridized carbons (Fsp3) is 0.278. The molecular weight excluding hydrogens is 307 g/mol. The largest absolute Gasteiger partial charge is 0.338 e. The molecule has 0 radical (unpaired) electrons. The molecule has 0 unspecified atom stereocenters. The number of carbonyl (C=O) groups excluding carboxylic acids is 1. The van der Waals surface area contributed by atoms with Gasteiger partial charge in [0.15, 0.2) is 5.65 Å². The van der Waals surface area contributed by atoms with Crippen LogP contribution < -0.4 is 0 Å². The average Bonchev–Trinajstić information content (AvgIpc) is 2.97. The van der Waals surface area contributed by atoms with E-state index in [1.54, 1.807) is 12.1 Å². The van der Waals surface area contributed by atoms with Crippen LogP contribution in [0.15, 0.2) is 36.5 Å². The van der Waals surface area contributed by atoms with E-state index in [0.717, 1.165) is 34.6 Å². The van der Waals surface area contributed by atoms with Crippen LogP contribution >= 0.6 is 0 Å². The van der Waals surface area contributed by atoms with E-state index in [9.17, 15) is 9.18 Å². The summed E-state index contributed by atoms with van der Waals surface area (Å²) in [4.78, 5) is 18.8. The first kappa shape index (κ1) is 14.8. The van der Waals surface area contributed by atoms with E-state index in [4.69, 9.17) is 0 Å². The Balaban J connectivity index is 1.54. The normalized spacial score (nSPS) is 14.0. The number of halogens is 1. The molecule has 2 aromatic heterocycles. The van der Waals surface area contributed by atoms with Gasteiger partial charge in [-0.1, -0.05) is 12.1 Å². The molecular formula is C18H17FN4O. The van der Waals surface area contributed by atoms with Crippen molar-refractivity contribution in [3.05, 3.63) is 64.9 Å². The highest BCUT2D eigenvalue weighted by Crippen LogP contribution is 2.20. The summed E-state index contributed by atoms with van der Waals surface area (Å²) in [5.74, 6) is -0.244. The number of hydrogen-bond donors (Lipinski definition) is 0. The molecule has 6 heteroatoms. The summed E-state index contributed by atoms with van der Waals surface area (Å²) in [7, 11) is 0. The average molecular weight is 324 g/mol. The zero-order chi connectivity index (χ0) is 16.7. The predicted octanol–water partition coefficient (Wildman–Crippen LogP) is 2.30. The topological polar surface area (TPSA) is 50.5 Å². The first-order valence-electron chi connectivity index (χ1n) is 7.95. The van der Waals surface area contributed by atoms with E-state index in [1.165, 1.54) is 12.1 Å². The van der Waals surface area contributed by atoms with Gasteiger partial charge in [-0.25, -0.2) is 13.9 Å². The fourth-order valence-electron chi connectivity index (χ4n) is 3.16. The van der Waals surface area contributed by atoms with Crippen molar-refractivity contribution in [2.75, 3.05) is 6.54 Å². The maximum atomic E-state index is 13.0. The van der Waals surface area contributed by atoms with Gasteiger partial charge in [-0.3, -0.25) is 4.79 Å². The minimum atomic E-state index is -0.289. The number of aryl methyl sites for hydroxylation is 1. The first-order valence-corrected chi connectivity index (χ1v) is 7.95. The monoisotopic (exact) mass is 324 g/mol. The van der Waals surface area contributed by atoms with Crippen LogP contribution in [0.4, 0.5) is 4.39 Å². The van der Waals surface area contributed by atoms with E-state index in [0.29, 0.717) is 13.1 Å². The molecule has 3 heterocycles. The Kier molecular flexibility index (Phi) is 3.52. The lowest BCUT2D eigenvalue weighted by Gasteiger charge is -2.28. The number of fused-ring (bicyclic) bond motifs is 3.